The topological polar surface area (TPSA) is 136 Å². The van der Waals surface area contributed by atoms with E-state index in [1.165, 1.54) is 6.33 Å². The molecule has 2 N–H and O–H groups in total. The smallest absolute Gasteiger partial charge is 0.358 e. The maximum atomic E-state index is 12.3. The van der Waals surface area contributed by atoms with E-state index in [1.54, 1.807) is 37.0 Å². The Morgan fingerprint density at radius 2 is 1.86 bits per heavy atom. The number of nitrogen functional groups attached to an aromatic ring is 1. The number of carbonyl (C=O) groups excluding carboxylic acids is 1. The van der Waals surface area contributed by atoms with Gasteiger partial charge < -0.3 is 19.8 Å². The van der Waals surface area contributed by atoms with Crippen molar-refractivity contribution in [1.29, 1.82) is 0 Å². The number of ether oxygens (including phenoxy) is 2. The highest BCUT2D eigenvalue weighted by Crippen LogP contribution is 2.42. The summed E-state index contributed by atoms with van der Waals surface area (Å²) in [4.78, 5) is 29.5. The van der Waals surface area contributed by atoms with Gasteiger partial charge in [-0.2, -0.15) is 5.10 Å². The second-order valence-electron chi connectivity index (χ2n) is 8.11. The largest absolute Gasteiger partial charge is 0.461 e. The monoisotopic (exact) mass is 484 g/mol. The zero-order valence-corrected chi connectivity index (χ0v) is 20.3. The predicted molar refractivity (Wildman–Crippen MR) is 133 cm³/mol. The molecule has 0 atom stereocenters. The van der Waals surface area contributed by atoms with Gasteiger partial charge in [-0.05, 0) is 37.6 Å². The SMILES string of the molecule is CCOC(=O)c1cc(-c2c(-c3ccc(Oc4nccc(C)n4)cc3)c3c(N)ncnc3n2C)n(C)n1. The van der Waals surface area contributed by atoms with Gasteiger partial charge in [-0.15, -0.1) is 0 Å². The van der Waals surface area contributed by atoms with E-state index in [4.69, 9.17) is 15.2 Å². The highest BCUT2D eigenvalue weighted by molar-refractivity contribution is 6.07. The third-order valence-electron chi connectivity index (χ3n) is 5.73. The van der Waals surface area contributed by atoms with E-state index in [0.717, 1.165) is 22.5 Å². The van der Waals surface area contributed by atoms with Crippen LogP contribution in [0, 0.1) is 6.92 Å². The van der Waals surface area contributed by atoms with Gasteiger partial charge in [0.25, 0.3) is 0 Å². The van der Waals surface area contributed by atoms with Gasteiger partial charge in [0.2, 0.25) is 0 Å². The number of fused-ring (bicyclic) bond motifs is 1. The molecule has 4 aromatic heterocycles. The van der Waals surface area contributed by atoms with Crippen LogP contribution in [0.15, 0.2) is 48.9 Å². The molecule has 0 aliphatic rings. The highest BCUT2D eigenvalue weighted by Gasteiger charge is 2.25. The summed E-state index contributed by atoms with van der Waals surface area (Å²) in [5.41, 5.74) is 11.1. The lowest BCUT2D eigenvalue weighted by Gasteiger charge is -2.10. The maximum absolute atomic E-state index is 12.3. The molecule has 1 aromatic carbocycles. The van der Waals surface area contributed by atoms with Crippen LogP contribution >= 0.6 is 0 Å². The molecule has 0 aliphatic carbocycles. The van der Waals surface area contributed by atoms with E-state index in [0.29, 0.717) is 28.3 Å². The number of esters is 1. The fraction of sp³-hybridized carbons (Fsp3) is 0.200. The number of aryl methyl sites for hydroxylation is 3. The number of anilines is 1. The van der Waals surface area contributed by atoms with Crippen molar-refractivity contribution in [2.75, 3.05) is 12.3 Å². The Morgan fingerprint density at radius 1 is 1.08 bits per heavy atom. The van der Waals surface area contributed by atoms with Crippen LogP contribution in [0.2, 0.25) is 0 Å². The van der Waals surface area contributed by atoms with Crippen LogP contribution in [0.25, 0.3) is 33.5 Å². The van der Waals surface area contributed by atoms with Gasteiger partial charge in [0.15, 0.2) is 5.69 Å². The normalized spacial score (nSPS) is 11.1. The zero-order chi connectivity index (χ0) is 25.4. The van der Waals surface area contributed by atoms with E-state index < -0.39 is 5.97 Å². The van der Waals surface area contributed by atoms with Gasteiger partial charge in [0.05, 0.1) is 23.4 Å². The lowest BCUT2D eigenvalue weighted by Crippen LogP contribution is -2.06. The first-order valence-corrected chi connectivity index (χ1v) is 11.3. The molecule has 0 aliphatic heterocycles. The Hall–Kier alpha value is -4.80. The Balaban J connectivity index is 1.64. The lowest BCUT2D eigenvalue weighted by atomic mass is 10.0. The number of nitrogens with zero attached hydrogens (tertiary/aromatic N) is 7. The summed E-state index contributed by atoms with van der Waals surface area (Å²) < 4.78 is 14.5. The minimum Gasteiger partial charge on any atom is -0.461 e. The summed E-state index contributed by atoms with van der Waals surface area (Å²) in [6.45, 7) is 3.89. The average Bonchev–Trinajstić information content (AvgIpc) is 3.38. The van der Waals surface area contributed by atoms with Gasteiger partial charge in [-0.25, -0.2) is 24.7 Å². The quantitative estimate of drug-likeness (QED) is 0.358. The number of carbonyl (C=O) groups is 1. The van der Waals surface area contributed by atoms with E-state index in [9.17, 15) is 4.79 Å². The first-order chi connectivity index (χ1) is 17.4. The zero-order valence-electron chi connectivity index (χ0n) is 20.3. The van der Waals surface area contributed by atoms with Crippen molar-refractivity contribution in [1.82, 2.24) is 34.3 Å². The van der Waals surface area contributed by atoms with Crippen molar-refractivity contribution in [3.8, 4) is 34.3 Å². The molecule has 0 bridgehead atoms. The molecular weight excluding hydrogens is 460 g/mol. The molecule has 0 saturated heterocycles. The Labute approximate surface area is 206 Å². The third-order valence-corrected chi connectivity index (χ3v) is 5.73. The second-order valence-corrected chi connectivity index (χ2v) is 8.11. The van der Waals surface area contributed by atoms with Crippen LogP contribution in [-0.2, 0) is 18.8 Å². The molecular formula is C25H24N8O3. The van der Waals surface area contributed by atoms with Crippen LogP contribution in [0.1, 0.15) is 23.1 Å². The van der Waals surface area contributed by atoms with E-state index >= 15 is 0 Å². The fourth-order valence-electron chi connectivity index (χ4n) is 4.12. The van der Waals surface area contributed by atoms with Crippen LogP contribution < -0.4 is 10.5 Å². The Kier molecular flexibility index (Phi) is 5.80. The standard InChI is InChI=1S/C25H24N8O3/c1-5-35-24(34)17-12-18(33(4)31-17)21-19(20-22(26)28-13-29-23(20)32(21)3)15-6-8-16(9-7-15)36-25-27-11-10-14(2)30-25/h6-13H,5H2,1-4H3,(H2,26,28,29). The predicted octanol–water partition coefficient (Wildman–Crippen LogP) is 3.69. The summed E-state index contributed by atoms with van der Waals surface area (Å²) >= 11 is 0. The molecule has 5 aromatic rings. The Bertz CT molecular complexity index is 1590. The van der Waals surface area contributed by atoms with Crippen LogP contribution in [-0.4, -0.2) is 46.9 Å². The van der Waals surface area contributed by atoms with Crippen LogP contribution in [0.4, 0.5) is 5.82 Å². The molecule has 182 valence electrons. The third kappa shape index (κ3) is 4.00. The molecule has 11 heteroatoms. The van der Waals surface area contributed by atoms with E-state index in [-0.39, 0.29) is 18.3 Å². The molecule has 36 heavy (non-hydrogen) atoms. The fourth-order valence-corrected chi connectivity index (χ4v) is 4.12. The molecule has 0 saturated carbocycles. The lowest BCUT2D eigenvalue weighted by molar-refractivity contribution is 0.0518. The average molecular weight is 485 g/mol. The van der Waals surface area contributed by atoms with Gasteiger partial charge in [0.1, 0.15) is 23.5 Å². The van der Waals surface area contributed by atoms with Gasteiger partial charge in [0, 0.05) is 37.6 Å². The van der Waals surface area contributed by atoms with Gasteiger partial charge >= 0.3 is 12.0 Å². The first kappa shape index (κ1) is 23.0. The van der Waals surface area contributed by atoms with Gasteiger partial charge in [-0.3, -0.25) is 4.68 Å². The molecule has 0 amide bonds. The first-order valence-electron chi connectivity index (χ1n) is 11.3. The second kappa shape index (κ2) is 9.10. The van der Waals surface area contributed by atoms with Crippen molar-refractivity contribution in [2.24, 2.45) is 14.1 Å². The summed E-state index contributed by atoms with van der Waals surface area (Å²) in [7, 11) is 3.66. The van der Waals surface area contributed by atoms with E-state index in [1.807, 2.05) is 42.8 Å². The van der Waals surface area contributed by atoms with Crippen molar-refractivity contribution >= 4 is 22.8 Å². The number of benzene rings is 1. The highest BCUT2D eigenvalue weighted by atomic mass is 16.5. The molecule has 11 nitrogen and oxygen atoms in total. The molecule has 0 radical (unpaired) electrons. The van der Waals surface area contributed by atoms with Crippen molar-refractivity contribution in [2.45, 2.75) is 13.8 Å². The summed E-state index contributed by atoms with van der Waals surface area (Å²) in [5, 5.41) is 5.07. The molecule has 0 fully saturated rings. The number of rotatable bonds is 6. The van der Waals surface area contributed by atoms with E-state index in [2.05, 4.69) is 25.0 Å². The molecule has 4 heterocycles. The number of hydrogen-bond acceptors (Lipinski definition) is 9. The Morgan fingerprint density at radius 3 is 2.58 bits per heavy atom. The maximum Gasteiger partial charge on any atom is 0.358 e. The van der Waals surface area contributed by atoms with Crippen molar-refractivity contribution in [3.05, 3.63) is 60.3 Å². The minimum absolute atomic E-state index is 0.214. The van der Waals surface area contributed by atoms with Crippen molar-refractivity contribution in [3.63, 3.8) is 0 Å². The minimum atomic E-state index is -0.487. The van der Waals surface area contributed by atoms with Gasteiger partial charge in [-0.1, -0.05) is 12.1 Å². The van der Waals surface area contributed by atoms with Crippen LogP contribution in [0.5, 0.6) is 11.8 Å². The number of aromatic nitrogens is 7. The molecule has 0 unspecified atom stereocenters. The number of nitrogens with two attached hydrogens (primary N) is 1. The summed E-state index contributed by atoms with van der Waals surface area (Å²) in [5.74, 6) is 0.442. The van der Waals surface area contributed by atoms with Crippen molar-refractivity contribution < 1.29 is 14.3 Å². The molecule has 0 spiro atoms. The number of hydrogen-bond donors (Lipinski definition) is 1. The summed E-state index contributed by atoms with van der Waals surface area (Å²) in [6.07, 6.45) is 3.08. The van der Waals surface area contributed by atoms with Crippen LogP contribution in [0.3, 0.4) is 0 Å². The summed E-state index contributed by atoms with van der Waals surface area (Å²) in [6, 6.07) is 11.3. The molecule has 5 rings (SSSR count).